The maximum atomic E-state index is 9.54. The van der Waals surface area contributed by atoms with Crippen molar-refractivity contribution in [3.05, 3.63) is 22.4 Å². The predicted molar refractivity (Wildman–Crippen MR) is 63.9 cm³/mol. The van der Waals surface area contributed by atoms with Crippen LogP contribution in [0.5, 0.6) is 0 Å². The topological polar surface area (TPSA) is 46.2 Å². The largest absolute Gasteiger partial charge is 0.396 e. The number of aliphatic hydroxyl groups excluding tert-OH is 1. The second-order valence-corrected chi connectivity index (χ2v) is 5.61. The van der Waals surface area contributed by atoms with Crippen LogP contribution in [-0.4, -0.2) is 18.3 Å². The number of hydrogen-bond donors (Lipinski definition) is 2. The first-order chi connectivity index (χ1) is 7.30. The minimum Gasteiger partial charge on any atom is -0.396 e. The molecule has 0 aromatic carbocycles. The van der Waals surface area contributed by atoms with E-state index in [2.05, 4.69) is 17.5 Å². The van der Waals surface area contributed by atoms with Gasteiger partial charge in [0.25, 0.3) is 0 Å². The molecule has 0 spiro atoms. The highest BCUT2D eigenvalue weighted by molar-refractivity contribution is 7.09. The standard InChI is InChI=1S/C12H19NOS/c13-8-12(9-14,10-3-4-10)6-5-11-2-1-7-15-11/h1-2,7,10,14H,3-6,8-9,13H2. The summed E-state index contributed by atoms with van der Waals surface area (Å²) in [4.78, 5) is 1.40. The van der Waals surface area contributed by atoms with E-state index in [-0.39, 0.29) is 12.0 Å². The lowest BCUT2D eigenvalue weighted by atomic mass is 9.79. The highest BCUT2D eigenvalue weighted by Gasteiger charge is 2.43. The Bertz CT molecular complexity index is 289. The maximum Gasteiger partial charge on any atom is 0.0502 e. The summed E-state index contributed by atoms with van der Waals surface area (Å²) in [6.07, 6.45) is 4.60. The molecule has 1 aliphatic carbocycles. The lowest BCUT2D eigenvalue weighted by molar-refractivity contribution is 0.0998. The van der Waals surface area contributed by atoms with Crippen LogP contribution in [0.4, 0.5) is 0 Å². The van der Waals surface area contributed by atoms with Crippen molar-refractivity contribution >= 4 is 11.3 Å². The fourth-order valence-corrected chi connectivity index (χ4v) is 2.98. The molecule has 0 radical (unpaired) electrons. The normalized spacial score (nSPS) is 20.1. The Morgan fingerprint density at radius 3 is 2.80 bits per heavy atom. The average Bonchev–Trinajstić information content (AvgIpc) is 2.99. The quantitative estimate of drug-likeness (QED) is 0.778. The third-order valence-corrected chi connectivity index (χ3v) is 4.55. The van der Waals surface area contributed by atoms with E-state index in [1.165, 1.54) is 17.7 Å². The van der Waals surface area contributed by atoms with Crippen molar-refractivity contribution in [3.63, 3.8) is 0 Å². The molecule has 1 fully saturated rings. The Morgan fingerprint density at radius 2 is 2.33 bits per heavy atom. The smallest absolute Gasteiger partial charge is 0.0502 e. The van der Waals surface area contributed by atoms with Gasteiger partial charge in [0.2, 0.25) is 0 Å². The lowest BCUT2D eigenvalue weighted by Crippen LogP contribution is -2.37. The molecule has 1 aromatic rings. The minimum absolute atomic E-state index is 0.00396. The van der Waals surface area contributed by atoms with Crippen LogP contribution in [-0.2, 0) is 6.42 Å². The molecule has 0 bridgehead atoms. The predicted octanol–water partition coefficient (Wildman–Crippen LogP) is 2.03. The van der Waals surface area contributed by atoms with Crippen LogP contribution >= 0.6 is 11.3 Å². The lowest BCUT2D eigenvalue weighted by Gasteiger charge is -2.30. The molecular weight excluding hydrogens is 206 g/mol. The van der Waals surface area contributed by atoms with Gasteiger partial charge in [-0.3, -0.25) is 0 Å². The molecule has 0 aliphatic heterocycles. The van der Waals surface area contributed by atoms with E-state index < -0.39 is 0 Å². The molecule has 1 unspecified atom stereocenters. The van der Waals surface area contributed by atoms with Gasteiger partial charge in [-0.1, -0.05) is 6.07 Å². The second kappa shape index (κ2) is 4.64. The number of nitrogens with two attached hydrogens (primary N) is 1. The van der Waals surface area contributed by atoms with E-state index in [0.29, 0.717) is 12.5 Å². The summed E-state index contributed by atoms with van der Waals surface area (Å²) in [5.74, 6) is 0.674. The van der Waals surface area contributed by atoms with Crippen molar-refractivity contribution < 1.29 is 5.11 Å². The van der Waals surface area contributed by atoms with Crippen molar-refractivity contribution in [2.24, 2.45) is 17.1 Å². The van der Waals surface area contributed by atoms with Crippen molar-refractivity contribution in [1.82, 2.24) is 0 Å². The molecule has 2 rings (SSSR count). The SMILES string of the molecule is NCC(CO)(CCc1cccs1)C1CC1. The van der Waals surface area contributed by atoms with Gasteiger partial charge in [0.05, 0.1) is 6.61 Å². The third-order valence-electron chi connectivity index (χ3n) is 3.61. The molecule has 3 heteroatoms. The molecule has 1 saturated carbocycles. The first kappa shape index (κ1) is 11.1. The van der Waals surface area contributed by atoms with Gasteiger partial charge in [0, 0.05) is 16.8 Å². The van der Waals surface area contributed by atoms with Crippen molar-refractivity contribution in [2.45, 2.75) is 25.7 Å². The Morgan fingerprint density at radius 1 is 1.53 bits per heavy atom. The fraction of sp³-hybridized carbons (Fsp3) is 0.667. The number of thiophene rings is 1. The van der Waals surface area contributed by atoms with Gasteiger partial charge in [0.15, 0.2) is 0 Å². The first-order valence-corrected chi connectivity index (χ1v) is 6.52. The highest BCUT2D eigenvalue weighted by atomic mass is 32.1. The van der Waals surface area contributed by atoms with Crippen molar-refractivity contribution in [3.8, 4) is 0 Å². The summed E-state index contributed by atoms with van der Waals surface area (Å²) in [5, 5.41) is 11.6. The minimum atomic E-state index is 0.00396. The molecule has 0 amide bonds. The van der Waals surface area contributed by atoms with E-state index in [0.717, 1.165) is 12.8 Å². The van der Waals surface area contributed by atoms with E-state index in [9.17, 15) is 5.11 Å². The zero-order chi connectivity index (χ0) is 10.7. The Hall–Kier alpha value is -0.380. The Labute approximate surface area is 95.1 Å². The van der Waals surface area contributed by atoms with Gasteiger partial charge in [-0.2, -0.15) is 0 Å². The van der Waals surface area contributed by atoms with E-state index >= 15 is 0 Å². The van der Waals surface area contributed by atoms with Crippen LogP contribution in [0.15, 0.2) is 17.5 Å². The van der Waals surface area contributed by atoms with Crippen LogP contribution in [0.1, 0.15) is 24.1 Å². The number of rotatable bonds is 6. The molecule has 1 aromatic heterocycles. The van der Waals surface area contributed by atoms with E-state index in [1.54, 1.807) is 11.3 Å². The molecule has 1 atom stereocenters. The molecule has 2 nitrogen and oxygen atoms in total. The zero-order valence-electron chi connectivity index (χ0n) is 8.98. The average molecular weight is 225 g/mol. The summed E-state index contributed by atoms with van der Waals surface area (Å²) in [6, 6.07) is 4.25. The van der Waals surface area contributed by atoms with Gasteiger partial charge in [-0.15, -0.1) is 11.3 Å². The summed E-state index contributed by atoms with van der Waals surface area (Å²) < 4.78 is 0. The number of aliphatic hydroxyl groups is 1. The van der Waals surface area contributed by atoms with Crippen molar-refractivity contribution in [1.29, 1.82) is 0 Å². The zero-order valence-corrected chi connectivity index (χ0v) is 9.80. The highest BCUT2D eigenvalue weighted by Crippen LogP contribution is 2.47. The van der Waals surface area contributed by atoms with Crippen LogP contribution in [0, 0.1) is 11.3 Å². The monoisotopic (exact) mass is 225 g/mol. The molecular formula is C12H19NOS. The summed E-state index contributed by atoms with van der Waals surface area (Å²) in [6.45, 7) is 0.874. The number of aryl methyl sites for hydroxylation is 1. The fourth-order valence-electron chi connectivity index (χ4n) is 2.27. The van der Waals surface area contributed by atoms with Gasteiger partial charge in [0.1, 0.15) is 0 Å². The third kappa shape index (κ3) is 2.41. The Kier molecular flexibility index (Phi) is 3.44. The Balaban J connectivity index is 1.94. The summed E-state index contributed by atoms with van der Waals surface area (Å²) in [7, 11) is 0. The molecule has 84 valence electrons. The van der Waals surface area contributed by atoms with Gasteiger partial charge in [-0.05, 0) is 43.0 Å². The molecule has 15 heavy (non-hydrogen) atoms. The maximum absolute atomic E-state index is 9.54. The van der Waals surface area contributed by atoms with E-state index in [4.69, 9.17) is 5.73 Å². The van der Waals surface area contributed by atoms with Crippen LogP contribution in [0.3, 0.4) is 0 Å². The van der Waals surface area contributed by atoms with Crippen LogP contribution in [0.25, 0.3) is 0 Å². The first-order valence-electron chi connectivity index (χ1n) is 5.64. The summed E-state index contributed by atoms with van der Waals surface area (Å²) in [5.41, 5.74) is 5.85. The molecule has 1 aliphatic rings. The van der Waals surface area contributed by atoms with Gasteiger partial charge in [-0.25, -0.2) is 0 Å². The van der Waals surface area contributed by atoms with E-state index in [1.807, 2.05) is 0 Å². The second-order valence-electron chi connectivity index (χ2n) is 4.58. The van der Waals surface area contributed by atoms with Crippen LogP contribution in [0.2, 0.25) is 0 Å². The van der Waals surface area contributed by atoms with Gasteiger partial charge >= 0.3 is 0 Å². The molecule has 1 heterocycles. The number of hydrogen-bond acceptors (Lipinski definition) is 3. The van der Waals surface area contributed by atoms with Crippen molar-refractivity contribution in [2.75, 3.05) is 13.2 Å². The van der Waals surface area contributed by atoms with Crippen LogP contribution < -0.4 is 5.73 Å². The van der Waals surface area contributed by atoms with Gasteiger partial charge < -0.3 is 10.8 Å². The molecule has 3 N–H and O–H groups in total. The molecule has 0 saturated heterocycles. The summed E-state index contributed by atoms with van der Waals surface area (Å²) >= 11 is 1.79.